The number of rotatable bonds is 4. The van der Waals surface area contributed by atoms with Crippen molar-refractivity contribution < 1.29 is 14.3 Å². The van der Waals surface area contributed by atoms with E-state index in [1.54, 1.807) is 14.2 Å². The number of amides is 2. The van der Waals surface area contributed by atoms with E-state index in [2.05, 4.69) is 22.1 Å². The molecule has 2 heterocycles. The first-order valence-electron chi connectivity index (χ1n) is 10.2. The monoisotopic (exact) mass is 383 g/mol. The van der Waals surface area contributed by atoms with E-state index in [1.165, 1.54) is 19.3 Å². The summed E-state index contributed by atoms with van der Waals surface area (Å²) in [5, 5.41) is 3.28. The van der Waals surface area contributed by atoms with Crippen LogP contribution in [0.4, 0.5) is 4.79 Å². The number of nitrogens with one attached hydrogen (secondary N) is 1. The zero-order chi connectivity index (χ0) is 19.5. The number of benzene rings is 1. The van der Waals surface area contributed by atoms with Gasteiger partial charge in [0, 0.05) is 36.6 Å². The molecule has 1 aromatic carbocycles. The van der Waals surface area contributed by atoms with Crippen molar-refractivity contribution >= 4 is 6.03 Å². The second-order valence-electron chi connectivity index (χ2n) is 7.61. The summed E-state index contributed by atoms with van der Waals surface area (Å²) >= 11 is 0. The van der Waals surface area contributed by atoms with Crippen LogP contribution in [-0.2, 0) is 6.54 Å². The third kappa shape index (κ3) is 3.55. The van der Waals surface area contributed by atoms with E-state index in [0.717, 1.165) is 42.1 Å². The highest BCUT2D eigenvalue weighted by molar-refractivity contribution is 5.76. The molecule has 4 rings (SSSR count). The molecule has 2 amide bonds. The van der Waals surface area contributed by atoms with Crippen LogP contribution in [0.3, 0.4) is 0 Å². The van der Waals surface area contributed by atoms with Crippen LogP contribution >= 0.6 is 0 Å². The van der Waals surface area contributed by atoms with Gasteiger partial charge in [0.05, 0.1) is 14.2 Å². The van der Waals surface area contributed by atoms with Crippen molar-refractivity contribution in [2.75, 3.05) is 20.8 Å². The molecule has 1 saturated carbocycles. The molecule has 28 heavy (non-hydrogen) atoms. The highest BCUT2D eigenvalue weighted by Gasteiger charge is 2.35. The molecule has 6 nitrogen and oxygen atoms in total. The molecule has 2 aromatic rings. The van der Waals surface area contributed by atoms with Gasteiger partial charge >= 0.3 is 6.03 Å². The fraction of sp³-hybridized carbons (Fsp3) is 0.500. The van der Waals surface area contributed by atoms with Gasteiger partial charge < -0.3 is 24.3 Å². The molecular formula is C22H29N3O3. The van der Waals surface area contributed by atoms with E-state index in [1.807, 2.05) is 29.2 Å². The van der Waals surface area contributed by atoms with Gasteiger partial charge in [-0.25, -0.2) is 4.79 Å². The van der Waals surface area contributed by atoms with E-state index in [-0.39, 0.29) is 18.1 Å². The van der Waals surface area contributed by atoms with E-state index >= 15 is 0 Å². The van der Waals surface area contributed by atoms with Crippen LogP contribution < -0.4 is 14.8 Å². The number of nitrogens with zero attached hydrogens (tertiary/aromatic N) is 2. The normalized spacial score (nSPS) is 19.8. The number of carbonyl (C=O) groups excluding carboxylic acids is 1. The molecule has 0 saturated heterocycles. The van der Waals surface area contributed by atoms with Crippen molar-refractivity contribution in [3.8, 4) is 11.5 Å². The fourth-order valence-corrected chi connectivity index (χ4v) is 4.49. The topological polar surface area (TPSA) is 55.7 Å². The van der Waals surface area contributed by atoms with E-state index < -0.39 is 0 Å². The Bertz CT molecular complexity index is 826. The van der Waals surface area contributed by atoms with Crippen molar-refractivity contribution in [3.05, 3.63) is 47.8 Å². The van der Waals surface area contributed by atoms with Crippen LogP contribution in [0.5, 0.6) is 11.5 Å². The molecule has 1 N–H and O–H groups in total. The standard InChI is InChI=1S/C22H29N3O3/c1-27-17-10-11-20(28-2)18(15-17)21-19-9-6-12-24(19)13-14-25(21)22(26)23-16-7-4-3-5-8-16/h6,9-12,15-16,21H,3-5,7-8,13-14H2,1-2H3,(H,23,26)/t21-/m0/s1. The Balaban J connectivity index is 1.69. The summed E-state index contributed by atoms with van der Waals surface area (Å²) in [4.78, 5) is 15.2. The van der Waals surface area contributed by atoms with Gasteiger partial charge in [-0.05, 0) is 43.2 Å². The van der Waals surface area contributed by atoms with Crippen molar-refractivity contribution in [1.82, 2.24) is 14.8 Å². The highest BCUT2D eigenvalue weighted by atomic mass is 16.5. The summed E-state index contributed by atoms with van der Waals surface area (Å²) in [6, 6.07) is 9.98. The van der Waals surface area contributed by atoms with Gasteiger partial charge in [-0.1, -0.05) is 19.3 Å². The minimum absolute atomic E-state index is 0.00854. The van der Waals surface area contributed by atoms with Crippen molar-refractivity contribution in [3.63, 3.8) is 0 Å². The zero-order valence-electron chi connectivity index (χ0n) is 16.7. The summed E-state index contributed by atoms with van der Waals surface area (Å²) in [5.41, 5.74) is 2.04. The average molecular weight is 383 g/mol. The molecular weight excluding hydrogens is 354 g/mol. The van der Waals surface area contributed by atoms with Crippen LogP contribution in [0.2, 0.25) is 0 Å². The Hall–Kier alpha value is -2.63. The van der Waals surface area contributed by atoms with Gasteiger partial charge in [-0.15, -0.1) is 0 Å². The molecule has 1 atom stereocenters. The predicted molar refractivity (Wildman–Crippen MR) is 108 cm³/mol. The number of aromatic nitrogens is 1. The Kier molecular flexibility index (Phi) is 5.46. The van der Waals surface area contributed by atoms with Gasteiger partial charge in [-0.2, -0.15) is 0 Å². The van der Waals surface area contributed by atoms with Crippen LogP contribution in [0.25, 0.3) is 0 Å². The molecule has 6 heteroatoms. The van der Waals surface area contributed by atoms with Crippen LogP contribution in [0.15, 0.2) is 36.5 Å². The first kappa shape index (κ1) is 18.7. The molecule has 1 aliphatic carbocycles. The van der Waals surface area contributed by atoms with Gasteiger partial charge in [0.25, 0.3) is 0 Å². The maximum Gasteiger partial charge on any atom is 0.318 e. The SMILES string of the molecule is COc1ccc(OC)c([C@H]2c3cccn3CCN2C(=O)NC2CCCCC2)c1. The number of ether oxygens (including phenoxy) is 2. The lowest BCUT2D eigenvalue weighted by molar-refractivity contribution is 0.161. The molecule has 0 unspecified atom stereocenters. The summed E-state index contributed by atoms with van der Waals surface area (Å²) in [7, 11) is 3.32. The lowest BCUT2D eigenvalue weighted by atomic mass is 9.95. The van der Waals surface area contributed by atoms with E-state index in [0.29, 0.717) is 6.54 Å². The molecule has 150 valence electrons. The predicted octanol–water partition coefficient (Wildman–Crippen LogP) is 3.95. The first-order chi connectivity index (χ1) is 13.7. The average Bonchev–Trinajstić information content (AvgIpc) is 3.22. The summed E-state index contributed by atoms with van der Waals surface area (Å²) in [6.07, 6.45) is 7.88. The first-order valence-corrected chi connectivity index (χ1v) is 10.2. The molecule has 0 radical (unpaired) electrons. The quantitative estimate of drug-likeness (QED) is 0.870. The summed E-state index contributed by atoms with van der Waals surface area (Å²) < 4.78 is 13.3. The van der Waals surface area contributed by atoms with Crippen molar-refractivity contribution in [2.24, 2.45) is 0 Å². The van der Waals surface area contributed by atoms with Crippen LogP contribution in [0, 0.1) is 0 Å². The highest BCUT2D eigenvalue weighted by Crippen LogP contribution is 2.39. The number of carbonyl (C=O) groups is 1. The van der Waals surface area contributed by atoms with Crippen LogP contribution in [0.1, 0.15) is 49.4 Å². The van der Waals surface area contributed by atoms with Crippen molar-refractivity contribution in [2.45, 2.75) is 50.7 Å². The van der Waals surface area contributed by atoms with Gasteiger partial charge in [0.15, 0.2) is 0 Å². The Morgan fingerprint density at radius 2 is 1.89 bits per heavy atom. The number of urea groups is 1. The zero-order valence-corrected chi connectivity index (χ0v) is 16.7. The second kappa shape index (κ2) is 8.17. The number of hydrogen-bond donors (Lipinski definition) is 1. The number of methoxy groups -OCH3 is 2. The lowest BCUT2D eigenvalue weighted by Crippen LogP contribution is -2.50. The molecule has 0 spiro atoms. The second-order valence-corrected chi connectivity index (χ2v) is 7.61. The molecule has 0 bridgehead atoms. The molecule has 2 aliphatic rings. The minimum atomic E-state index is -0.211. The smallest absolute Gasteiger partial charge is 0.318 e. The van der Waals surface area contributed by atoms with Gasteiger partial charge in [-0.3, -0.25) is 0 Å². The lowest BCUT2D eigenvalue weighted by Gasteiger charge is -2.39. The summed E-state index contributed by atoms with van der Waals surface area (Å²) in [6.45, 7) is 1.45. The number of hydrogen-bond acceptors (Lipinski definition) is 3. The van der Waals surface area contributed by atoms with Gasteiger partial charge in [0.1, 0.15) is 17.5 Å². The Morgan fingerprint density at radius 1 is 1.07 bits per heavy atom. The maximum absolute atomic E-state index is 13.3. The van der Waals surface area contributed by atoms with E-state index in [9.17, 15) is 4.79 Å². The maximum atomic E-state index is 13.3. The van der Waals surface area contributed by atoms with Gasteiger partial charge in [0.2, 0.25) is 0 Å². The van der Waals surface area contributed by atoms with Crippen LogP contribution in [-0.4, -0.2) is 42.3 Å². The van der Waals surface area contributed by atoms with E-state index in [4.69, 9.17) is 9.47 Å². The summed E-state index contributed by atoms with van der Waals surface area (Å²) in [5.74, 6) is 1.52. The molecule has 1 aromatic heterocycles. The largest absolute Gasteiger partial charge is 0.497 e. The molecule has 1 fully saturated rings. The molecule has 1 aliphatic heterocycles. The third-order valence-corrected chi connectivity index (χ3v) is 5.96. The minimum Gasteiger partial charge on any atom is -0.497 e. The number of fused-ring (bicyclic) bond motifs is 1. The van der Waals surface area contributed by atoms with Crippen molar-refractivity contribution in [1.29, 1.82) is 0 Å². The third-order valence-electron chi connectivity index (χ3n) is 5.96. The Labute approximate surface area is 166 Å². The fourth-order valence-electron chi connectivity index (χ4n) is 4.49. The Morgan fingerprint density at radius 3 is 2.64 bits per heavy atom.